The van der Waals surface area contributed by atoms with Crippen molar-refractivity contribution >= 4 is 5.97 Å². The molecule has 0 aliphatic rings. The predicted octanol–water partition coefficient (Wildman–Crippen LogP) is 2.46. The van der Waals surface area contributed by atoms with E-state index in [1.165, 1.54) is 12.1 Å². The summed E-state index contributed by atoms with van der Waals surface area (Å²) in [5.41, 5.74) is 0.814. The highest BCUT2D eigenvalue weighted by molar-refractivity contribution is 5.67. The Balaban J connectivity index is 2.26. The number of halogens is 1. The van der Waals surface area contributed by atoms with Crippen molar-refractivity contribution in [1.29, 1.82) is 0 Å². The normalized spacial score (nSPS) is 11.5. The quantitative estimate of drug-likeness (QED) is 0.734. The Morgan fingerprint density at radius 1 is 1.33 bits per heavy atom. The largest absolute Gasteiger partial charge is 0.481 e. The number of rotatable bonds is 7. The van der Waals surface area contributed by atoms with Crippen molar-refractivity contribution in [2.75, 3.05) is 13.1 Å². The van der Waals surface area contributed by atoms with E-state index in [9.17, 15) is 9.18 Å². The van der Waals surface area contributed by atoms with E-state index in [1.54, 1.807) is 12.1 Å². The first kappa shape index (κ1) is 14.6. The first-order valence-corrected chi connectivity index (χ1v) is 6.06. The van der Waals surface area contributed by atoms with Gasteiger partial charge in [-0.25, -0.2) is 4.39 Å². The monoisotopic (exact) mass is 253 g/mol. The van der Waals surface area contributed by atoms with Crippen LogP contribution in [0.2, 0.25) is 0 Å². The summed E-state index contributed by atoms with van der Waals surface area (Å²) in [6.45, 7) is 5.26. The van der Waals surface area contributed by atoms with Gasteiger partial charge in [0.15, 0.2) is 0 Å². The van der Waals surface area contributed by atoms with Crippen molar-refractivity contribution in [3.63, 3.8) is 0 Å². The maximum absolute atomic E-state index is 12.7. The van der Waals surface area contributed by atoms with E-state index in [2.05, 4.69) is 5.32 Å². The molecule has 0 radical (unpaired) electrons. The van der Waals surface area contributed by atoms with Crippen LogP contribution in [0, 0.1) is 11.2 Å². The molecule has 0 aliphatic carbocycles. The Labute approximate surface area is 107 Å². The molecule has 0 saturated carbocycles. The summed E-state index contributed by atoms with van der Waals surface area (Å²) in [5, 5.41) is 12.0. The number of aliphatic carboxylic acids is 1. The van der Waals surface area contributed by atoms with Gasteiger partial charge < -0.3 is 10.4 Å². The fourth-order valence-electron chi connectivity index (χ4n) is 1.78. The van der Waals surface area contributed by atoms with Gasteiger partial charge in [0.05, 0.1) is 6.42 Å². The molecule has 0 saturated heterocycles. The van der Waals surface area contributed by atoms with Gasteiger partial charge in [0.25, 0.3) is 0 Å². The maximum Gasteiger partial charge on any atom is 0.303 e. The molecule has 3 nitrogen and oxygen atoms in total. The Kier molecular flexibility index (Phi) is 5.28. The Morgan fingerprint density at radius 3 is 2.50 bits per heavy atom. The standard InChI is InChI=1S/C14H20FNO2/c1-14(2,9-13(17)18)10-16-8-7-11-3-5-12(15)6-4-11/h3-6,16H,7-10H2,1-2H3,(H,17,18). The van der Waals surface area contributed by atoms with Crippen molar-refractivity contribution in [2.45, 2.75) is 26.7 Å². The summed E-state index contributed by atoms with van der Waals surface area (Å²) in [6.07, 6.45) is 0.958. The molecule has 1 rings (SSSR count). The Bertz CT molecular complexity index is 387. The van der Waals surface area contributed by atoms with Crippen molar-refractivity contribution in [3.05, 3.63) is 35.6 Å². The summed E-state index contributed by atoms with van der Waals surface area (Å²) >= 11 is 0. The number of hydrogen-bond donors (Lipinski definition) is 2. The van der Waals surface area contributed by atoms with Gasteiger partial charge in [-0.1, -0.05) is 26.0 Å². The molecular formula is C14H20FNO2. The second-order valence-electron chi connectivity index (χ2n) is 5.29. The van der Waals surface area contributed by atoms with Gasteiger partial charge in [-0.15, -0.1) is 0 Å². The third-order valence-corrected chi connectivity index (χ3v) is 2.74. The summed E-state index contributed by atoms with van der Waals surface area (Å²) in [6, 6.07) is 6.42. The van der Waals surface area contributed by atoms with Crippen molar-refractivity contribution in [3.8, 4) is 0 Å². The van der Waals surface area contributed by atoms with E-state index < -0.39 is 5.97 Å². The summed E-state index contributed by atoms with van der Waals surface area (Å²) < 4.78 is 12.7. The molecule has 1 aromatic rings. The smallest absolute Gasteiger partial charge is 0.303 e. The summed E-state index contributed by atoms with van der Waals surface area (Å²) in [5.74, 6) is -1.00. The zero-order valence-corrected chi connectivity index (χ0v) is 10.9. The molecule has 2 N–H and O–H groups in total. The SMILES string of the molecule is CC(C)(CNCCc1ccc(F)cc1)CC(=O)O. The van der Waals surface area contributed by atoms with Crippen LogP contribution >= 0.6 is 0 Å². The lowest BCUT2D eigenvalue weighted by Gasteiger charge is -2.22. The molecule has 0 aliphatic heterocycles. The number of carboxylic acids is 1. The molecule has 0 amide bonds. The van der Waals surface area contributed by atoms with E-state index >= 15 is 0 Å². The lowest BCUT2D eigenvalue weighted by Crippen LogP contribution is -2.32. The van der Waals surface area contributed by atoms with Gasteiger partial charge >= 0.3 is 5.97 Å². The van der Waals surface area contributed by atoms with Gasteiger partial charge in [-0.2, -0.15) is 0 Å². The summed E-state index contributed by atoms with van der Waals surface area (Å²) in [7, 11) is 0. The molecule has 100 valence electrons. The third kappa shape index (κ3) is 5.77. The molecular weight excluding hydrogens is 233 g/mol. The van der Waals surface area contributed by atoms with E-state index in [4.69, 9.17) is 5.11 Å². The predicted molar refractivity (Wildman–Crippen MR) is 69.0 cm³/mol. The molecule has 0 fully saturated rings. The first-order valence-electron chi connectivity index (χ1n) is 6.06. The molecule has 0 atom stereocenters. The lowest BCUT2D eigenvalue weighted by molar-refractivity contribution is -0.139. The molecule has 0 spiro atoms. The second-order valence-corrected chi connectivity index (χ2v) is 5.29. The van der Waals surface area contributed by atoms with E-state index in [0.717, 1.165) is 18.5 Å². The van der Waals surface area contributed by atoms with Gasteiger partial charge in [0.1, 0.15) is 5.82 Å². The molecule has 0 heterocycles. The highest BCUT2D eigenvalue weighted by Gasteiger charge is 2.20. The minimum absolute atomic E-state index is 0.149. The van der Waals surface area contributed by atoms with Crippen LogP contribution in [-0.4, -0.2) is 24.2 Å². The Hall–Kier alpha value is -1.42. The average Bonchev–Trinajstić information content (AvgIpc) is 2.25. The second kappa shape index (κ2) is 6.50. The summed E-state index contributed by atoms with van der Waals surface area (Å²) in [4.78, 5) is 10.6. The minimum Gasteiger partial charge on any atom is -0.481 e. The van der Waals surface area contributed by atoms with Crippen LogP contribution in [0.4, 0.5) is 4.39 Å². The fourth-order valence-corrected chi connectivity index (χ4v) is 1.78. The zero-order valence-electron chi connectivity index (χ0n) is 10.9. The molecule has 4 heteroatoms. The highest BCUT2D eigenvalue weighted by atomic mass is 19.1. The number of nitrogens with one attached hydrogen (secondary N) is 1. The van der Waals surface area contributed by atoms with Crippen LogP contribution in [-0.2, 0) is 11.2 Å². The van der Waals surface area contributed by atoms with Gasteiger partial charge in [0.2, 0.25) is 0 Å². The average molecular weight is 253 g/mol. The van der Waals surface area contributed by atoms with Crippen molar-refractivity contribution in [1.82, 2.24) is 5.32 Å². The van der Waals surface area contributed by atoms with Gasteiger partial charge in [-0.05, 0) is 36.1 Å². The number of benzene rings is 1. The van der Waals surface area contributed by atoms with Gasteiger partial charge in [0, 0.05) is 6.54 Å². The van der Waals surface area contributed by atoms with Crippen LogP contribution < -0.4 is 5.32 Å². The number of carboxylic acid groups (broad SMARTS) is 1. The molecule has 1 aromatic carbocycles. The van der Waals surface area contributed by atoms with Crippen LogP contribution in [0.25, 0.3) is 0 Å². The Morgan fingerprint density at radius 2 is 1.94 bits per heavy atom. The molecule has 0 bridgehead atoms. The van der Waals surface area contributed by atoms with Crippen LogP contribution in [0.15, 0.2) is 24.3 Å². The van der Waals surface area contributed by atoms with E-state index in [1.807, 2.05) is 13.8 Å². The maximum atomic E-state index is 12.7. The van der Waals surface area contributed by atoms with E-state index in [-0.39, 0.29) is 17.7 Å². The zero-order chi connectivity index (χ0) is 13.6. The van der Waals surface area contributed by atoms with Crippen LogP contribution in [0.1, 0.15) is 25.8 Å². The minimum atomic E-state index is -0.777. The van der Waals surface area contributed by atoms with Crippen molar-refractivity contribution < 1.29 is 14.3 Å². The van der Waals surface area contributed by atoms with Crippen LogP contribution in [0.3, 0.4) is 0 Å². The van der Waals surface area contributed by atoms with Crippen LogP contribution in [0.5, 0.6) is 0 Å². The first-order chi connectivity index (χ1) is 8.39. The lowest BCUT2D eigenvalue weighted by atomic mass is 9.89. The third-order valence-electron chi connectivity index (χ3n) is 2.74. The van der Waals surface area contributed by atoms with Gasteiger partial charge in [-0.3, -0.25) is 4.79 Å². The topological polar surface area (TPSA) is 49.3 Å². The number of hydrogen-bond acceptors (Lipinski definition) is 2. The molecule has 18 heavy (non-hydrogen) atoms. The fraction of sp³-hybridized carbons (Fsp3) is 0.500. The highest BCUT2D eigenvalue weighted by Crippen LogP contribution is 2.18. The number of carbonyl (C=O) groups is 1. The van der Waals surface area contributed by atoms with E-state index in [0.29, 0.717) is 6.54 Å². The molecule has 0 unspecified atom stereocenters. The van der Waals surface area contributed by atoms with Crippen molar-refractivity contribution in [2.24, 2.45) is 5.41 Å². The molecule has 0 aromatic heterocycles.